The third kappa shape index (κ3) is 3.68. The molecule has 0 aromatic heterocycles. The highest BCUT2D eigenvalue weighted by molar-refractivity contribution is 9.10. The summed E-state index contributed by atoms with van der Waals surface area (Å²) in [4.78, 5) is 0. The second kappa shape index (κ2) is 6.87. The highest BCUT2D eigenvalue weighted by atomic mass is 79.9. The lowest BCUT2D eigenvalue weighted by molar-refractivity contribution is 0.0605. The molecule has 0 bridgehead atoms. The van der Waals surface area contributed by atoms with Crippen molar-refractivity contribution in [2.45, 2.75) is 25.3 Å². The lowest BCUT2D eigenvalue weighted by atomic mass is 9.90. The number of hydrogen-bond acceptors (Lipinski definition) is 3. The normalized spacial score (nSPS) is 18.8. The Labute approximate surface area is 121 Å². The predicted octanol–water partition coefficient (Wildman–Crippen LogP) is 3.42. The molecule has 1 aliphatic rings. The van der Waals surface area contributed by atoms with Crippen molar-refractivity contribution in [1.82, 2.24) is 5.43 Å². The van der Waals surface area contributed by atoms with Crippen molar-refractivity contribution in [2.75, 3.05) is 13.2 Å². The molecule has 2 rings (SSSR count). The minimum Gasteiger partial charge on any atom is -0.381 e. The summed E-state index contributed by atoms with van der Waals surface area (Å²) in [6.45, 7) is 1.73. The van der Waals surface area contributed by atoms with Gasteiger partial charge in [0, 0.05) is 23.7 Å². The Kier molecular flexibility index (Phi) is 5.45. The van der Waals surface area contributed by atoms with Crippen molar-refractivity contribution in [3.63, 3.8) is 0 Å². The van der Waals surface area contributed by atoms with Gasteiger partial charge >= 0.3 is 0 Å². The van der Waals surface area contributed by atoms with E-state index in [1.165, 1.54) is 5.56 Å². The van der Waals surface area contributed by atoms with E-state index in [1.807, 2.05) is 18.2 Å². The van der Waals surface area contributed by atoms with E-state index in [4.69, 9.17) is 22.2 Å². The zero-order valence-electron chi connectivity index (χ0n) is 10.2. The Bertz CT molecular complexity index is 397. The summed E-state index contributed by atoms with van der Waals surface area (Å²) in [7, 11) is 0. The van der Waals surface area contributed by atoms with Crippen molar-refractivity contribution in [3.8, 4) is 0 Å². The molecule has 1 aromatic carbocycles. The molecule has 1 aromatic rings. The molecular formula is C13H18BrClN2O. The molecule has 5 heteroatoms. The maximum absolute atomic E-state index is 6.01. The van der Waals surface area contributed by atoms with Gasteiger partial charge in [-0.05, 0) is 58.8 Å². The van der Waals surface area contributed by atoms with Gasteiger partial charge in [0.1, 0.15) is 0 Å². The van der Waals surface area contributed by atoms with Gasteiger partial charge in [-0.2, -0.15) is 0 Å². The Hall–Kier alpha value is -0.130. The summed E-state index contributed by atoms with van der Waals surface area (Å²) in [5.74, 6) is 6.36. The molecule has 3 N–H and O–H groups in total. The van der Waals surface area contributed by atoms with Gasteiger partial charge < -0.3 is 4.74 Å². The van der Waals surface area contributed by atoms with Crippen LogP contribution < -0.4 is 11.3 Å². The van der Waals surface area contributed by atoms with Crippen molar-refractivity contribution in [1.29, 1.82) is 0 Å². The molecule has 0 aliphatic carbocycles. The minimum atomic E-state index is 0.168. The molecule has 0 saturated carbocycles. The van der Waals surface area contributed by atoms with Crippen molar-refractivity contribution >= 4 is 27.5 Å². The summed E-state index contributed by atoms with van der Waals surface area (Å²) in [5.41, 5.74) is 4.07. The molecule has 1 atom stereocenters. The molecule has 18 heavy (non-hydrogen) atoms. The van der Waals surface area contributed by atoms with E-state index in [-0.39, 0.29) is 6.04 Å². The van der Waals surface area contributed by atoms with Crippen LogP contribution in [0.15, 0.2) is 22.7 Å². The summed E-state index contributed by atoms with van der Waals surface area (Å²) in [5, 5.41) is 0.723. The fourth-order valence-corrected chi connectivity index (χ4v) is 2.86. The zero-order valence-corrected chi connectivity index (χ0v) is 12.5. The van der Waals surface area contributed by atoms with Crippen molar-refractivity contribution in [3.05, 3.63) is 33.3 Å². The van der Waals surface area contributed by atoms with Gasteiger partial charge in [-0.1, -0.05) is 17.7 Å². The van der Waals surface area contributed by atoms with E-state index in [1.54, 1.807) is 0 Å². The number of hydrazine groups is 1. The summed E-state index contributed by atoms with van der Waals surface area (Å²) < 4.78 is 6.29. The number of hydrogen-bond donors (Lipinski definition) is 2. The van der Waals surface area contributed by atoms with Gasteiger partial charge in [0.2, 0.25) is 0 Å². The SMILES string of the molecule is NNC(CC1CCOCC1)c1ccc(Cl)c(Br)c1. The maximum atomic E-state index is 6.01. The second-order valence-corrected chi connectivity index (χ2v) is 5.95. The Morgan fingerprint density at radius 3 is 2.78 bits per heavy atom. The number of nitrogens with two attached hydrogens (primary N) is 1. The molecule has 1 aliphatic heterocycles. The van der Waals surface area contributed by atoms with Gasteiger partial charge in [-0.3, -0.25) is 11.3 Å². The molecule has 0 amide bonds. The van der Waals surface area contributed by atoms with Crippen molar-refractivity contribution in [2.24, 2.45) is 11.8 Å². The van der Waals surface area contributed by atoms with Gasteiger partial charge in [0.15, 0.2) is 0 Å². The topological polar surface area (TPSA) is 47.3 Å². The van der Waals surface area contributed by atoms with E-state index in [0.29, 0.717) is 5.92 Å². The number of rotatable bonds is 4. The van der Waals surface area contributed by atoms with Crippen molar-refractivity contribution < 1.29 is 4.74 Å². The van der Waals surface area contributed by atoms with Crippen LogP contribution in [0.5, 0.6) is 0 Å². The van der Waals surface area contributed by atoms with Gasteiger partial charge in [-0.15, -0.1) is 0 Å². The summed E-state index contributed by atoms with van der Waals surface area (Å²) in [6.07, 6.45) is 3.27. The fourth-order valence-electron chi connectivity index (χ4n) is 2.34. The number of halogens is 2. The number of ether oxygens (including phenoxy) is 1. The lowest BCUT2D eigenvalue weighted by Gasteiger charge is -2.26. The Balaban J connectivity index is 2.04. The molecule has 1 fully saturated rings. The van der Waals surface area contributed by atoms with E-state index in [0.717, 1.165) is 42.0 Å². The smallest absolute Gasteiger partial charge is 0.0548 e. The maximum Gasteiger partial charge on any atom is 0.0548 e. The molecule has 1 unspecified atom stereocenters. The number of nitrogens with one attached hydrogen (secondary N) is 1. The third-order valence-corrected chi connectivity index (χ3v) is 4.67. The van der Waals surface area contributed by atoms with Gasteiger partial charge in [0.25, 0.3) is 0 Å². The summed E-state index contributed by atoms with van der Waals surface area (Å²) >= 11 is 9.45. The molecule has 0 spiro atoms. The van der Waals surface area contributed by atoms with Crippen LogP contribution in [-0.2, 0) is 4.74 Å². The van der Waals surface area contributed by atoms with Crippen LogP contribution in [0.2, 0.25) is 5.02 Å². The monoisotopic (exact) mass is 332 g/mol. The molecule has 100 valence electrons. The van der Waals surface area contributed by atoms with Gasteiger partial charge in [0.05, 0.1) is 5.02 Å². The molecule has 1 heterocycles. The van der Waals surface area contributed by atoms with E-state index in [2.05, 4.69) is 21.4 Å². The van der Waals surface area contributed by atoms with Crippen LogP contribution >= 0.6 is 27.5 Å². The Morgan fingerprint density at radius 1 is 1.44 bits per heavy atom. The van der Waals surface area contributed by atoms with E-state index < -0.39 is 0 Å². The molecule has 3 nitrogen and oxygen atoms in total. The molecule has 1 saturated heterocycles. The quantitative estimate of drug-likeness (QED) is 0.655. The number of benzene rings is 1. The van der Waals surface area contributed by atoms with E-state index in [9.17, 15) is 0 Å². The molecule has 0 radical (unpaired) electrons. The third-order valence-electron chi connectivity index (χ3n) is 3.46. The lowest BCUT2D eigenvalue weighted by Crippen LogP contribution is -2.31. The van der Waals surface area contributed by atoms with Crippen LogP contribution in [0.4, 0.5) is 0 Å². The average Bonchev–Trinajstić information content (AvgIpc) is 2.40. The second-order valence-electron chi connectivity index (χ2n) is 4.68. The van der Waals surface area contributed by atoms with Gasteiger partial charge in [-0.25, -0.2) is 0 Å². The predicted molar refractivity (Wildman–Crippen MR) is 77.4 cm³/mol. The standard InChI is InChI=1S/C13H18BrClN2O/c14-11-8-10(1-2-12(11)15)13(17-16)7-9-3-5-18-6-4-9/h1-2,8-9,13,17H,3-7,16H2. The highest BCUT2D eigenvalue weighted by Gasteiger charge is 2.20. The van der Waals surface area contributed by atoms with Crippen LogP contribution in [0.25, 0.3) is 0 Å². The highest BCUT2D eigenvalue weighted by Crippen LogP contribution is 2.30. The first kappa shape index (κ1) is 14.3. The fraction of sp³-hybridized carbons (Fsp3) is 0.538. The van der Waals surface area contributed by atoms with Crippen LogP contribution in [-0.4, -0.2) is 13.2 Å². The first-order valence-electron chi connectivity index (χ1n) is 6.19. The minimum absolute atomic E-state index is 0.168. The first-order chi connectivity index (χ1) is 8.70. The summed E-state index contributed by atoms with van der Waals surface area (Å²) in [6, 6.07) is 6.12. The van der Waals surface area contributed by atoms with Crippen LogP contribution in [0.3, 0.4) is 0 Å². The zero-order chi connectivity index (χ0) is 13.0. The van der Waals surface area contributed by atoms with E-state index >= 15 is 0 Å². The van der Waals surface area contributed by atoms with Crippen LogP contribution in [0.1, 0.15) is 30.9 Å². The Morgan fingerprint density at radius 2 is 2.17 bits per heavy atom. The first-order valence-corrected chi connectivity index (χ1v) is 7.36. The largest absolute Gasteiger partial charge is 0.381 e. The van der Waals surface area contributed by atoms with Crippen LogP contribution in [0, 0.1) is 5.92 Å². The average molecular weight is 334 g/mol. The molecular weight excluding hydrogens is 316 g/mol.